The molecule has 8 heteroatoms. The van der Waals surface area contributed by atoms with Crippen molar-refractivity contribution < 1.29 is 13.6 Å². The van der Waals surface area contributed by atoms with Crippen LogP contribution in [0, 0.1) is 11.6 Å². The van der Waals surface area contributed by atoms with Crippen LogP contribution in [-0.2, 0) is 0 Å². The summed E-state index contributed by atoms with van der Waals surface area (Å²) in [6.45, 7) is 0. The van der Waals surface area contributed by atoms with E-state index in [9.17, 15) is 13.6 Å². The number of aromatic nitrogens is 3. The molecule has 4 rings (SSSR count). The molecule has 1 N–H and O–H groups in total. The minimum Gasteiger partial charge on any atom is -0.319 e. The van der Waals surface area contributed by atoms with Crippen molar-refractivity contribution in [3.05, 3.63) is 94.7 Å². The first-order chi connectivity index (χ1) is 14.0. The molecule has 0 saturated carbocycles. The van der Waals surface area contributed by atoms with E-state index in [4.69, 9.17) is 0 Å². The number of hydrogen-bond acceptors (Lipinski definition) is 3. The van der Waals surface area contributed by atoms with Crippen LogP contribution < -0.4 is 5.32 Å². The molecule has 0 aliphatic rings. The highest BCUT2D eigenvalue weighted by Crippen LogP contribution is 2.23. The molecule has 5 nitrogen and oxygen atoms in total. The van der Waals surface area contributed by atoms with E-state index in [0.29, 0.717) is 22.8 Å². The summed E-state index contributed by atoms with van der Waals surface area (Å²) in [5.74, 6) is -1.01. The average molecular weight is 455 g/mol. The molecule has 0 radical (unpaired) electrons. The van der Waals surface area contributed by atoms with Gasteiger partial charge in [-0.05, 0) is 72.8 Å². The molecule has 144 valence electrons. The standard InChI is InChI=1S/C21H13BrF2N4O/c22-14-3-11-18(12-4-14)28-20(13-1-5-15(23)6-2-13)26-19(27-28)21(29)25-17-9-7-16(24)8-10-17/h1-12H,(H,25,29). The highest BCUT2D eigenvalue weighted by molar-refractivity contribution is 9.10. The number of carbonyl (C=O) groups is 1. The van der Waals surface area contributed by atoms with Crippen LogP contribution in [0.5, 0.6) is 0 Å². The van der Waals surface area contributed by atoms with Crippen LogP contribution in [-0.4, -0.2) is 20.7 Å². The Morgan fingerprint density at radius 3 is 2.07 bits per heavy atom. The van der Waals surface area contributed by atoms with Crippen molar-refractivity contribution in [1.29, 1.82) is 0 Å². The normalized spacial score (nSPS) is 10.7. The van der Waals surface area contributed by atoms with Gasteiger partial charge in [-0.2, -0.15) is 0 Å². The molecule has 1 aromatic heterocycles. The molecule has 0 atom stereocenters. The highest BCUT2D eigenvalue weighted by Gasteiger charge is 2.19. The van der Waals surface area contributed by atoms with Crippen LogP contribution in [0.4, 0.5) is 14.5 Å². The Labute approximate surface area is 173 Å². The first-order valence-electron chi connectivity index (χ1n) is 8.55. The van der Waals surface area contributed by atoms with Gasteiger partial charge in [0, 0.05) is 15.7 Å². The highest BCUT2D eigenvalue weighted by atomic mass is 79.9. The SMILES string of the molecule is O=C(Nc1ccc(F)cc1)c1nc(-c2ccc(F)cc2)n(-c2ccc(Br)cc2)n1. The fraction of sp³-hybridized carbons (Fsp3) is 0. The Kier molecular flexibility index (Phi) is 5.18. The summed E-state index contributed by atoms with van der Waals surface area (Å²) in [5.41, 5.74) is 1.70. The zero-order chi connectivity index (χ0) is 20.4. The summed E-state index contributed by atoms with van der Waals surface area (Å²) in [5, 5.41) is 6.97. The molecule has 1 amide bonds. The monoisotopic (exact) mass is 454 g/mol. The van der Waals surface area contributed by atoms with Gasteiger partial charge in [-0.3, -0.25) is 4.79 Å². The predicted octanol–water partition coefficient (Wildman–Crippen LogP) is 5.23. The largest absolute Gasteiger partial charge is 0.319 e. The third-order valence-corrected chi connectivity index (χ3v) is 4.61. The van der Waals surface area contributed by atoms with Crippen molar-refractivity contribution in [2.24, 2.45) is 0 Å². The maximum absolute atomic E-state index is 13.3. The molecule has 0 bridgehead atoms. The lowest BCUT2D eigenvalue weighted by atomic mass is 10.2. The van der Waals surface area contributed by atoms with Crippen LogP contribution in [0.3, 0.4) is 0 Å². The molecule has 3 aromatic carbocycles. The second kappa shape index (κ2) is 7.92. The van der Waals surface area contributed by atoms with Gasteiger partial charge in [-0.25, -0.2) is 18.4 Å². The number of nitrogens with one attached hydrogen (secondary N) is 1. The number of nitrogens with zero attached hydrogens (tertiary/aromatic N) is 3. The lowest BCUT2D eigenvalue weighted by molar-refractivity contribution is 0.101. The third-order valence-electron chi connectivity index (χ3n) is 4.09. The Bertz CT molecular complexity index is 1090. The van der Waals surface area contributed by atoms with E-state index in [0.717, 1.165) is 4.47 Å². The lowest BCUT2D eigenvalue weighted by Crippen LogP contribution is -2.14. The molecule has 0 aliphatic heterocycles. The molecule has 1 heterocycles. The summed E-state index contributed by atoms with van der Waals surface area (Å²) >= 11 is 3.38. The summed E-state index contributed by atoms with van der Waals surface area (Å²) in [7, 11) is 0. The van der Waals surface area contributed by atoms with Crippen LogP contribution in [0.2, 0.25) is 0 Å². The zero-order valence-corrected chi connectivity index (χ0v) is 16.4. The third kappa shape index (κ3) is 4.22. The van der Waals surface area contributed by atoms with Crippen LogP contribution in [0.15, 0.2) is 77.3 Å². The Morgan fingerprint density at radius 2 is 1.45 bits per heavy atom. The molecular formula is C21H13BrF2N4O. The Morgan fingerprint density at radius 1 is 0.862 bits per heavy atom. The van der Waals surface area contributed by atoms with Gasteiger partial charge in [0.05, 0.1) is 5.69 Å². The smallest absolute Gasteiger partial charge is 0.295 e. The number of hydrogen-bond donors (Lipinski definition) is 1. The van der Waals surface area contributed by atoms with Crippen molar-refractivity contribution in [3.8, 4) is 17.1 Å². The number of amides is 1. The van der Waals surface area contributed by atoms with E-state index in [1.54, 1.807) is 12.1 Å². The van der Waals surface area contributed by atoms with Gasteiger partial charge in [0.15, 0.2) is 5.82 Å². The quantitative estimate of drug-likeness (QED) is 0.459. The summed E-state index contributed by atoms with van der Waals surface area (Å²) in [6, 6.07) is 18.4. The van der Waals surface area contributed by atoms with Gasteiger partial charge in [-0.15, -0.1) is 5.10 Å². The summed E-state index contributed by atoms with van der Waals surface area (Å²) in [6.07, 6.45) is 0. The van der Waals surface area contributed by atoms with Gasteiger partial charge < -0.3 is 5.32 Å². The van der Waals surface area contributed by atoms with Gasteiger partial charge in [0.25, 0.3) is 5.91 Å². The predicted molar refractivity (Wildman–Crippen MR) is 109 cm³/mol. The molecule has 0 fully saturated rings. The second-order valence-electron chi connectivity index (χ2n) is 6.12. The van der Waals surface area contributed by atoms with Crippen molar-refractivity contribution in [2.75, 3.05) is 5.32 Å². The first kappa shape index (κ1) is 18.9. The Hall–Kier alpha value is -3.39. The average Bonchev–Trinajstić information content (AvgIpc) is 3.16. The van der Waals surface area contributed by atoms with Crippen molar-refractivity contribution in [2.45, 2.75) is 0 Å². The van der Waals surface area contributed by atoms with E-state index in [1.807, 2.05) is 24.3 Å². The van der Waals surface area contributed by atoms with Crippen LogP contribution in [0.25, 0.3) is 17.1 Å². The van der Waals surface area contributed by atoms with E-state index in [2.05, 4.69) is 31.3 Å². The fourth-order valence-electron chi connectivity index (χ4n) is 2.68. The van der Waals surface area contributed by atoms with E-state index >= 15 is 0 Å². The van der Waals surface area contributed by atoms with Gasteiger partial charge in [0.2, 0.25) is 5.82 Å². The maximum atomic E-state index is 13.3. The van der Waals surface area contributed by atoms with Crippen LogP contribution >= 0.6 is 15.9 Å². The first-order valence-corrected chi connectivity index (χ1v) is 9.35. The number of rotatable bonds is 4. The molecule has 0 saturated heterocycles. The van der Waals surface area contributed by atoms with Crippen molar-refractivity contribution >= 4 is 27.5 Å². The number of halogens is 3. The van der Waals surface area contributed by atoms with Gasteiger partial charge >= 0.3 is 0 Å². The molecular weight excluding hydrogens is 442 g/mol. The second-order valence-corrected chi connectivity index (χ2v) is 7.03. The molecule has 4 aromatic rings. The lowest BCUT2D eigenvalue weighted by Gasteiger charge is -2.06. The number of benzene rings is 3. The summed E-state index contributed by atoms with van der Waals surface area (Å²) in [4.78, 5) is 17.0. The minimum atomic E-state index is -0.546. The molecule has 0 unspecified atom stereocenters. The van der Waals surface area contributed by atoms with Crippen LogP contribution in [0.1, 0.15) is 10.6 Å². The summed E-state index contributed by atoms with van der Waals surface area (Å²) < 4.78 is 28.8. The zero-order valence-electron chi connectivity index (χ0n) is 14.8. The van der Waals surface area contributed by atoms with Crippen molar-refractivity contribution in [1.82, 2.24) is 14.8 Å². The van der Waals surface area contributed by atoms with E-state index in [1.165, 1.54) is 41.1 Å². The van der Waals surface area contributed by atoms with Gasteiger partial charge in [0.1, 0.15) is 11.6 Å². The van der Waals surface area contributed by atoms with Crippen molar-refractivity contribution in [3.63, 3.8) is 0 Å². The fourth-order valence-corrected chi connectivity index (χ4v) is 2.94. The maximum Gasteiger partial charge on any atom is 0.295 e. The number of anilines is 1. The molecule has 0 aliphatic carbocycles. The van der Waals surface area contributed by atoms with E-state index in [-0.39, 0.29) is 11.6 Å². The molecule has 0 spiro atoms. The number of carbonyl (C=O) groups excluding carboxylic acids is 1. The van der Waals surface area contributed by atoms with Gasteiger partial charge in [-0.1, -0.05) is 15.9 Å². The minimum absolute atomic E-state index is 0.0726. The topological polar surface area (TPSA) is 59.8 Å². The molecule has 29 heavy (non-hydrogen) atoms. The Balaban J connectivity index is 1.74. The van der Waals surface area contributed by atoms with E-state index < -0.39 is 11.7 Å².